The molecule has 2 heterocycles. The van der Waals surface area contributed by atoms with Gasteiger partial charge in [0.15, 0.2) is 0 Å². The number of hydrogen-bond acceptors (Lipinski definition) is 6. The molecule has 2 rings (SSSR count). The molecule has 33 heavy (non-hydrogen) atoms. The molecule has 0 N–H and O–H groups in total. The van der Waals surface area contributed by atoms with Gasteiger partial charge in [0.1, 0.15) is 18.8 Å². The molecule has 0 radical (unpaired) electrons. The van der Waals surface area contributed by atoms with E-state index in [-0.39, 0.29) is 24.0 Å². The quantitative estimate of drug-likeness (QED) is 0.178. The van der Waals surface area contributed by atoms with Crippen LogP contribution in [0.1, 0.15) is 73.1 Å². The number of esters is 3. The molecule has 0 aromatic heterocycles. The molecule has 0 saturated carbocycles. The summed E-state index contributed by atoms with van der Waals surface area (Å²) < 4.78 is 15.8. The van der Waals surface area contributed by atoms with Crippen LogP contribution >= 0.6 is 0 Å². The highest BCUT2D eigenvalue weighted by molar-refractivity contribution is 5.91. The van der Waals surface area contributed by atoms with Gasteiger partial charge in [-0.25, -0.2) is 9.59 Å². The van der Waals surface area contributed by atoms with Gasteiger partial charge in [-0.2, -0.15) is 0 Å². The summed E-state index contributed by atoms with van der Waals surface area (Å²) in [5.41, 5.74) is 5.01. The lowest BCUT2D eigenvalue weighted by Crippen LogP contribution is -2.17. The zero-order valence-corrected chi connectivity index (χ0v) is 20.4. The Kier molecular flexibility index (Phi) is 10.4. The first-order chi connectivity index (χ1) is 15.6. The Morgan fingerprint density at radius 3 is 2.55 bits per heavy atom. The number of rotatable bonds is 11. The summed E-state index contributed by atoms with van der Waals surface area (Å²) in [5, 5.41) is 0. The van der Waals surface area contributed by atoms with Gasteiger partial charge in [-0.3, -0.25) is 4.79 Å². The minimum Gasteiger partial charge on any atom is -0.458 e. The van der Waals surface area contributed by atoms with Crippen LogP contribution in [0.15, 0.2) is 58.2 Å². The fourth-order valence-electron chi connectivity index (χ4n) is 3.79. The van der Waals surface area contributed by atoms with Gasteiger partial charge in [-0.1, -0.05) is 29.4 Å². The van der Waals surface area contributed by atoms with E-state index in [0.29, 0.717) is 25.0 Å². The van der Waals surface area contributed by atoms with Crippen molar-refractivity contribution in [3.63, 3.8) is 0 Å². The van der Waals surface area contributed by atoms with E-state index in [9.17, 15) is 14.4 Å². The molecule has 1 fully saturated rings. The largest absolute Gasteiger partial charge is 0.458 e. The normalized spacial score (nSPS) is 20.9. The van der Waals surface area contributed by atoms with Gasteiger partial charge in [0.25, 0.3) is 0 Å². The third kappa shape index (κ3) is 9.64. The predicted molar refractivity (Wildman–Crippen MR) is 127 cm³/mol. The molecule has 1 saturated heterocycles. The van der Waals surface area contributed by atoms with Crippen molar-refractivity contribution in [2.24, 2.45) is 0 Å². The van der Waals surface area contributed by atoms with Crippen LogP contribution in [-0.2, 0) is 28.6 Å². The number of hydrogen-bond donors (Lipinski definition) is 0. The van der Waals surface area contributed by atoms with Gasteiger partial charge < -0.3 is 14.2 Å². The van der Waals surface area contributed by atoms with Crippen molar-refractivity contribution >= 4 is 17.9 Å². The highest BCUT2D eigenvalue weighted by Crippen LogP contribution is 2.24. The molecule has 0 amide bonds. The summed E-state index contributed by atoms with van der Waals surface area (Å²) >= 11 is 0. The van der Waals surface area contributed by atoms with Crippen LogP contribution in [0.2, 0.25) is 0 Å². The summed E-state index contributed by atoms with van der Waals surface area (Å²) in [6.07, 6.45) is 13.4. The Morgan fingerprint density at radius 2 is 1.91 bits per heavy atom. The lowest BCUT2D eigenvalue weighted by Gasteiger charge is -2.16. The second kappa shape index (κ2) is 13.0. The zero-order valence-electron chi connectivity index (χ0n) is 20.4. The first kappa shape index (κ1) is 26.4. The Labute approximate surface area is 197 Å². The van der Waals surface area contributed by atoms with Crippen molar-refractivity contribution in [3.8, 4) is 0 Å². The highest BCUT2D eigenvalue weighted by Gasteiger charge is 2.27. The van der Waals surface area contributed by atoms with Gasteiger partial charge in [0.05, 0.1) is 0 Å². The van der Waals surface area contributed by atoms with Crippen LogP contribution in [0.25, 0.3) is 0 Å². The van der Waals surface area contributed by atoms with Crippen LogP contribution in [0.4, 0.5) is 0 Å². The van der Waals surface area contributed by atoms with Crippen molar-refractivity contribution in [1.82, 2.24) is 0 Å². The van der Waals surface area contributed by atoms with E-state index in [1.54, 1.807) is 6.08 Å². The minimum atomic E-state index is -0.401. The van der Waals surface area contributed by atoms with E-state index in [4.69, 9.17) is 14.2 Å². The minimum absolute atomic E-state index is 0.217. The molecule has 2 atom stereocenters. The number of ether oxygens (including phenoxy) is 3. The van der Waals surface area contributed by atoms with Crippen molar-refractivity contribution in [3.05, 3.63) is 58.2 Å². The lowest BCUT2D eigenvalue weighted by molar-refractivity contribution is -0.144. The van der Waals surface area contributed by atoms with E-state index in [1.165, 1.54) is 12.5 Å². The van der Waals surface area contributed by atoms with Crippen molar-refractivity contribution in [2.45, 2.75) is 85.4 Å². The molecular weight excluding hydrogens is 420 g/mol. The van der Waals surface area contributed by atoms with Gasteiger partial charge in [0.2, 0.25) is 0 Å². The first-order valence-corrected chi connectivity index (χ1v) is 11.5. The molecule has 6 nitrogen and oxygen atoms in total. The summed E-state index contributed by atoms with van der Waals surface area (Å²) in [6, 6.07) is 0. The SMILES string of the molecule is CC(=O)O[C@H](C/C=C1/C[C@H](C=C(C)C)OC1=O)/C(C)=C/CC/C(C)=C/CCC1=CC(=O)OC1. The first-order valence-electron chi connectivity index (χ1n) is 11.5. The third-order valence-electron chi connectivity index (χ3n) is 5.54. The molecule has 0 unspecified atom stereocenters. The van der Waals surface area contributed by atoms with Crippen LogP contribution in [-0.4, -0.2) is 36.7 Å². The zero-order chi connectivity index (χ0) is 24.4. The molecular formula is C27H36O6. The molecule has 0 aliphatic carbocycles. The monoisotopic (exact) mass is 456 g/mol. The van der Waals surface area contributed by atoms with Gasteiger partial charge in [-0.15, -0.1) is 0 Å². The summed E-state index contributed by atoms with van der Waals surface area (Å²) in [6.45, 7) is 9.80. The van der Waals surface area contributed by atoms with Gasteiger partial charge in [0, 0.05) is 31.4 Å². The molecule has 0 spiro atoms. The molecule has 6 heteroatoms. The van der Waals surface area contributed by atoms with Gasteiger partial charge >= 0.3 is 17.9 Å². The van der Waals surface area contributed by atoms with Gasteiger partial charge in [-0.05, 0) is 70.6 Å². The van der Waals surface area contributed by atoms with Crippen LogP contribution in [0, 0.1) is 0 Å². The second-order valence-corrected chi connectivity index (χ2v) is 8.94. The maximum absolute atomic E-state index is 12.1. The van der Waals surface area contributed by atoms with E-state index < -0.39 is 6.10 Å². The molecule has 2 aliphatic rings. The second-order valence-electron chi connectivity index (χ2n) is 8.94. The molecule has 180 valence electrons. The molecule has 0 aromatic rings. The Hall–Kier alpha value is -2.89. The Balaban J connectivity index is 1.88. The standard InChI is InChI=1S/C27H36O6/c1-18(2)14-24-16-23(27(30)33-24)12-13-25(32-21(5)28)20(4)10-6-8-19(3)9-7-11-22-15-26(29)31-17-22/h9-10,12,14-15,24-25H,6-8,11,13,16-17H2,1-5H3/b19-9+,20-10+,23-12-/t24-,25+/m0/s1. The summed E-state index contributed by atoms with van der Waals surface area (Å²) in [5.74, 6) is -0.894. The van der Waals surface area contributed by atoms with E-state index in [1.807, 2.05) is 32.9 Å². The maximum atomic E-state index is 12.1. The smallest absolute Gasteiger partial charge is 0.334 e. The third-order valence-corrected chi connectivity index (χ3v) is 5.54. The molecule has 0 aromatic carbocycles. The van der Waals surface area contributed by atoms with Crippen LogP contribution in [0.5, 0.6) is 0 Å². The average molecular weight is 457 g/mol. The Bertz CT molecular complexity index is 896. The topological polar surface area (TPSA) is 78.9 Å². The maximum Gasteiger partial charge on any atom is 0.334 e. The predicted octanol–water partition coefficient (Wildman–Crippen LogP) is 5.45. The molecule has 2 aliphatic heterocycles. The number of allylic oxidation sites excluding steroid dienone is 4. The molecule has 0 bridgehead atoms. The van der Waals surface area contributed by atoms with Crippen LogP contribution in [0.3, 0.4) is 0 Å². The van der Waals surface area contributed by atoms with E-state index in [0.717, 1.165) is 42.4 Å². The van der Waals surface area contributed by atoms with Crippen molar-refractivity contribution in [1.29, 1.82) is 0 Å². The van der Waals surface area contributed by atoms with Crippen molar-refractivity contribution < 1.29 is 28.6 Å². The fourth-order valence-corrected chi connectivity index (χ4v) is 3.79. The number of cyclic esters (lactones) is 2. The van der Waals surface area contributed by atoms with Crippen molar-refractivity contribution in [2.75, 3.05) is 6.61 Å². The van der Waals surface area contributed by atoms with E-state index >= 15 is 0 Å². The average Bonchev–Trinajstić information content (AvgIpc) is 3.28. The fraction of sp³-hybridized carbons (Fsp3) is 0.519. The number of carbonyl (C=O) groups excluding carboxylic acids is 3. The summed E-state index contributed by atoms with van der Waals surface area (Å²) in [7, 11) is 0. The van der Waals surface area contributed by atoms with E-state index in [2.05, 4.69) is 19.1 Å². The highest BCUT2D eigenvalue weighted by atomic mass is 16.6. The summed E-state index contributed by atoms with van der Waals surface area (Å²) in [4.78, 5) is 34.8. The number of carbonyl (C=O) groups is 3. The van der Waals surface area contributed by atoms with Crippen LogP contribution < -0.4 is 0 Å². The Morgan fingerprint density at radius 1 is 1.15 bits per heavy atom. The lowest BCUT2D eigenvalue weighted by atomic mass is 10.0.